The Kier molecular flexibility index (Phi) is 2.83. The van der Waals surface area contributed by atoms with E-state index >= 15 is 0 Å². The van der Waals surface area contributed by atoms with Crippen LogP contribution in [0.25, 0.3) is 0 Å². The van der Waals surface area contributed by atoms with Gasteiger partial charge in [-0.15, -0.1) is 0 Å². The molecule has 0 saturated carbocycles. The van der Waals surface area contributed by atoms with E-state index in [0.29, 0.717) is 13.0 Å². The summed E-state index contributed by atoms with van der Waals surface area (Å²) in [6.07, 6.45) is 0.725. The lowest BCUT2D eigenvalue weighted by Gasteiger charge is -2.22. The molecule has 102 valence electrons. The Morgan fingerprint density at radius 1 is 1.32 bits per heavy atom. The van der Waals surface area contributed by atoms with Gasteiger partial charge in [-0.1, -0.05) is 12.1 Å². The van der Waals surface area contributed by atoms with Gasteiger partial charge in [0.2, 0.25) is 15.9 Å². The first kappa shape index (κ1) is 12.6. The summed E-state index contributed by atoms with van der Waals surface area (Å²) < 4.78 is 39.8. The summed E-state index contributed by atoms with van der Waals surface area (Å²) in [6, 6.07) is 4.77. The quantitative estimate of drug-likeness (QED) is 0.859. The number of benzene rings is 1. The first-order valence-electron chi connectivity index (χ1n) is 6.06. The van der Waals surface area contributed by atoms with Crippen LogP contribution in [0.2, 0.25) is 0 Å². The molecule has 0 radical (unpaired) electrons. The maximum atomic E-state index is 13.7. The fraction of sp³-hybridized carbons (Fsp3) is 0.417. The van der Waals surface area contributed by atoms with Crippen LogP contribution in [0.15, 0.2) is 29.2 Å². The molecule has 0 spiro atoms. The largest absolute Gasteiger partial charge is 0.352 e. The van der Waals surface area contributed by atoms with E-state index in [0.717, 1.165) is 6.07 Å². The molecule has 1 aromatic rings. The Balaban J connectivity index is 1.98. The molecule has 7 heteroatoms. The maximum Gasteiger partial charge on any atom is 0.246 e. The molecule has 2 fully saturated rings. The van der Waals surface area contributed by atoms with Gasteiger partial charge in [0.05, 0.1) is 6.04 Å². The maximum absolute atomic E-state index is 13.7. The van der Waals surface area contributed by atoms with Gasteiger partial charge in [0.25, 0.3) is 0 Å². The Morgan fingerprint density at radius 3 is 2.79 bits per heavy atom. The van der Waals surface area contributed by atoms with Crippen LogP contribution in [0.5, 0.6) is 0 Å². The van der Waals surface area contributed by atoms with Crippen molar-refractivity contribution >= 4 is 15.9 Å². The number of carbonyl (C=O) groups is 1. The van der Waals surface area contributed by atoms with Gasteiger partial charge in [0.1, 0.15) is 10.7 Å². The molecule has 1 amide bonds. The molecule has 0 unspecified atom stereocenters. The van der Waals surface area contributed by atoms with Crippen LogP contribution in [0, 0.1) is 5.82 Å². The predicted octanol–water partition coefficient (Wildman–Crippen LogP) is 0.477. The molecule has 0 aliphatic carbocycles. The zero-order valence-corrected chi connectivity index (χ0v) is 10.9. The predicted molar refractivity (Wildman–Crippen MR) is 65.2 cm³/mol. The zero-order chi connectivity index (χ0) is 13.6. The summed E-state index contributed by atoms with van der Waals surface area (Å²) in [5.74, 6) is -0.910. The van der Waals surface area contributed by atoms with Gasteiger partial charge in [0.15, 0.2) is 0 Å². The normalized spacial score (nSPS) is 27.3. The van der Waals surface area contributed by atoms with Crippen LogP contribution < -0.4 is 5.32 Å². The van der Waals surface area contributed by atoms with Gasteiger partial charge in [0, 0.05) is 19.0 Å². The summed E-state index contributed by atoms with van der Waals surface area (Å²) in [4.78, 5) is 11.0. The SMILES string of the molecule is O=C1C[C@@H]2[C@@H](CCN2S(=O)(=O)c2ccccc2F)N1. The molecule has 2 heterocycles. The standard InChI is InChI=1S/C12H13FN2O3S/c13-8-3-1-2-4-11(8)19(17,18)15-6-5-9-10(15)7-12(16)14-9/h1-4,9-10H,5-7H2,(H,14,16)/t9-,10-/m1/s1. The average Bonchev–Trinajstić information content (AvgIpc) is 2.87. The van der Waals surface area contributed by atoms with Gasteiger partial charge in [-0.25, -0.2) is 12.8 Å². The monoisotopic (exact) mass is 284 g/mol. The van der Waals surface area contributed by atoms with Crippen LogP contribution in [-0.4, -0.2) is 37.3 Å². The summed E-state index contributed by atoms with van der Waals surface area (Å²) in [6.45, 7) is 0.312. The van der Waals surface area contributed by atoms with Crippen molar-refractivity contribution in [2.24, 2.45) is 0 Å². The number of sulfonamides is 1. The third kappa shape index (κ3) is 1.93. The molecule has 1 N–H and O–H groups in total. The molecule has 0 bridgehead atoms. The first-order valence-corrected chi connectivity index (χ1v) is 7.50. The fourth-order valence-electron chi connectivity index (χ4n) is 2.77. The van der Waals surface area contributed by atoms with E-state index in [1.165, 1.54) is 22.5 Å². The number of nitrogens with one attached hydrogen (secondary N) is 1. The highest BCUT2D eigenvalue weighted by Crippen LogP contribution is 2.31. The van der Waals surface area contributed by atoms with E-state index in [1.54, 1.807) is 0 Å². The molecule has 1 aromatic carbocycles. The molecular weight excluding hydrogens is 271 g/mol. The molecule has 2 aliphatic rings. The lowest BCUT2D eigenvalue weighted by molar-refractivity contribution is -0.119. The minimum atomic E-state index is -3.88. The number of hydrogen-bond acceptors (Lipinski definition) is 3. The molecule has 2 aliphatic heterocycles. The van der Waals surface area contributed by atoms with Gasteiger partial charge < -0.3 is 5.32 Å². The summed E-state index contributed by atoms with van der Waals surface area (Å²) in [5, 5.41) is 2.75. The third-order valence-electron chi connectivity index (χ3n) is 3.66. The smallest absolute Gasteiger partial charge is 0.246 e. The lowest BCUT2D eigenvalue weighted by atomic mass is 10.1. The number of halogens is 1. The second-order valence-corrected chi connectivity index (χ2v) is 6.64. The Bertz CT molecular complexity index is 632. The Labute approximate surface area is 110 Å². The van der Waals surface area contributed by atoms with E-state index in [9.17, 15) is 17.6 Å². The van der Waals surface area contributed by atoms with Gasteiger partial charge >= 0.3 is 0 Å². The third-order valence-corrected chi connectivity index (χ3v) is 5.62. The number of hydrogen-bond donors (Lipinski definition) is 1. The summed E-state index contributed by atoms with van der Waals surface area (Å²) in [5.41, 5.74) is 0. The van der Waals surface area contributed by atoms with Gasteiger partial charge in [-0.05, 0) is 18.6 Å². The van der Waals surface area contributed by atoms with E-state index in [4.69, 9.17) is 0 Å². The Morgan fingerprint density at radius 2 is 2.05 bits per heavy atom. The minimum absolute atomic E-state index is 0.144. The molecule has 5 nitrogen and oxygen atoms in total. The topological polar surface area (TPSA) is 66.5 Å². The summed E-state index contributed by atoms with van der Waals surface area (Å²) >= 11 is 0. The molecule has 2 saturated heterocycles. The second kappa shape index (κ2) is 4.28. The number of fused-ring (bicyclic) bond motifs is 1. The first-order chi connectivity index (χ1) is 9.00. The van der Waals surface area contributed by atoms with Crippen molar-refractivity contribution in [1.29, 1.82) is 0 Å². The fourth-order valence-corrected chi connectivity index (χ4v) is 4.51. The van der Waals surface area contributed by atoms with E-state index in [2.05, 4.69) is 5.32 Å². The zero-order valence-electron chi connectivity index (χ0n) is 10.0. The Hall–Kier alpha value is -1.47. The number of amides is 1. The van der Waals surface area contributed by atoms with Crippen molar-refractivity contribution < 1.29 is 17.6 Å². The molecular formula is C12H13FN2O3S. The van der Waals surface area contributed by atoms with Crippen molar-refractivity contribution in [3.8, 4) is 0 Å². The summed E-state index contributed by atoms with van der Waals surface area (Å²) in [7, 11) is -3.88. The van der Waals surface area contributed by atoms with Gasteiger partial charge in [-0.3, -0.25) is 4.79 Å². The van der Waals surface area contributed by atoms with Crippen molar-refractivity contribution in [3.63, 3.8) is 0 Å². The molecule has 3 rings (SSSR count). The van der Waals surface area contributed by atoms with Crippen molar-refractivity contribution in [2.45, 2.75) is 29.8 Å². The second-order valence-electron chi connectivity index (χ2n) is 4.78. The van der Waals surface area contributed by atoms with Crippen molar-refractivity contribution in [1.82, 2.24) is 9.62 Å². The van der Waals surface area contributed by atoms with Crippen LogP contribution in [0.3, 0.4) is 0 Å². The number of nitrogens with zero attached hydrogens (tertiary/aromatic N) is 1. The highest BCUT2D eigenvalue weighted by Gasteiger charge is 2.47. The number of rotatable bonds is 2. The van der Waals surface area contributed by atoms with E-state index in [-0.39, 0.29) is 23.3 Å². The molecule has 19 heavy (non-hydrogen) atoms. The average molecular weight is 284 g/mol. The van der Waals surface area contributed by atoms with Crippen molar-refractivity contribution in [2.75, 3.05) is 6.54 Å². The molecule has 0 aromatic heterocycles. The lowest BCUT2D eigenvalue weighted by Crippen LogP contribution is -2.38. The minimum Gasteiger partial charge on any atom is -0.352 e. The highest BCUT2D eigenvalue weighted by atomic mass is 32.2. The highest BCUT2D eigenvalue weighted by molar-refractivity contribution is 7.89. The van der Waals surface area contributed by atoms with Gasteiger partial charge in [-0.2, -0.15) is 4.31 Å². The van der Waals surface area contributed by atoms with Crippen molar-refractivity contribution in [3.05, 3.63) is 30.1 Å². The number of carbonyl (C=O) groups excluding carboxylic acids is 1. The van der Waals surface area contributed by atoms with E-state index in [1.807, 2.05) is 0 Å². The van der Waals surface area contributed by atoms with Crippen LogP contribution in [-0.2, 0) is 14.8 Å². The van der Waals surface area contributed by atoms with Crippen LogP contribution in [0.1, 0.15) is 12.8 Å². The van der Waals surface area contributed by atoms with E-state index < -0.39 is 21.9 Å². The molecule has 2 atom stereocenters. The van der Waals surface area contributed by atoms with Crippen LogP contribution >= 0.6 is 0 Å². The van der Waals surface area contributed by atoms with Crippen LogP contribution in [0.4, 0.5) is 4.39 Å².